The Bertz CT molecular complexity index is 1260. The molecule has 0 unspecified atom stereocenters. The van der Waals surface area contributed by atoms with E-state index in [2.05, 4.69) is 5.32 Å². The molecule has 9 heteroatoms. The molecule has 1 aromatic heterocycles. The second kappa shape index (κ2) is 9.54. The fraction of sp³-hybridized carbons (Fsp3) is 0.304. The van der Waals surface area contributed by atoms with Crippen molar-refractivity contribution in [1.82, 2.24) is 4.31 Å². The zero-order valence-corrected chi connectivity index (χ0v) is 19.3. The van der Waals surface area contributed by atoms with Crippen LogP contribution in [-0.4, -0.2) is 44.3 Å². The van der Waals surface area contributed by atoms with Crippen LogP contribution in [0.25, 0.3) is 11.0 Å². The van der Waals surface area contributed by atoms with Crippen LogP contribution in [0.15, 0.2) is 51.8 Å². The highest BCUT2D eigenvalue weighted by atomic mass is 32.2. The molecule has 0 radical (unpaired) electrons. The van der Waals surface area contributed by atoms with Gasteiger partial charge >= 0.3 is 5.97 Å². The van der Waals surface area contributed by atoms with Gasteiger partial charge < -0.3 is 14.5 Å². The van der Waals surface area contributed by atoms with Crippen molar-refractivity contribution >= 4 is 38.6 Å². The quantitative estimate of drug-likeness (QED) is 0.514. The lowest BCUT2D eigenvalue weighted by atomic mass is 10.1. The van der Waals surface area contributed by atoms with E-state index in [1.807, 2.05) is 12.1 Å². The number of fused-ring (bicyclic) bond motifs is 1. The number of nitrogens with zero attached hydrogens (tertiary/aromatic N) is 1. The highest BCUT2D eigenvalue weighted by Gasteiger charge is 2.24. The van der Waals surface area contributed by atoms with E-state index < -0.39 is 28.5 Å². The molecule has 0 aliphatic carbocycles. The van der Waals surface area contributed by atoms with Crippen LogP contribution >= 0.6 is 0 Å². The summed E-state index contributed by atoms with van der Waals surface area (Å²) in [6.07, 6.45) is 0. The largest absolute Gasteiger partial charge is 0.450 e. The maximum atomic E-state index is 12.9. The third-order valence-electron chi connectivity index (χ3n) is 5.16. The maximum Gasteiger partial charge on any atom is 0.375 e. The number of nitrogens with one attached hydrogen (secondary N) is 1. The number of hydrogen-bond donors (Lipinski definition) is 1. The molecule has 0 aliphatic heterocycles. The molecule has 1 N–H and O–H groups in total. The number of esters is 1. The normalized spacial score (nSPS) is 11.7. The van der Waals surface area contributed by atoms with Crippen LogP contribution in [-0.2, 0) is 19.6 Å². The molecule has 3 aromatic rings. The van der Waals surface area contributed by atoms with Crippen LogP contribution in [0.2, 0.25) is 0 Å². The summed E-state index contributed by atoms with van der Waals surface area (Å²) in [5.74, 6) is -1.30. The van der Waals surface area contributed by atoms with Gasteiger partial charge in [-0.05, 0) is 37.6 Å². The van der Waals surface area contributed by atoms with Crippen molar-refractivity contribution in [1.29, 1.82) is 0 Å². The van der Waals surface area contributed by atoms with Crippen LogP contribution in [0.5, 0.6) is 0 Å². The van der Waals surface area contributed by atoms with Crippen molar-refractivity contribution in [2.45, 2.75) is 32.6 Å². The standard InChI is InChI=1S/C23H26N2O6S/c1-5-25(6-2)32(28,29)20-13-17(12-11-15(20)3)24-21(26)14-30-23(27)22-16(4)18-9-7-8-10-19(18)31-22/h7-13H,5-6,14H2,1-4H3,(H,24,26). The van der Waals surface area contributed by atoms with Gasteiger partial charge in [-0.3, -0.25) is 4.79 Å². The van der Waals surface area contributed by atoms with Crippen molar-refractivity contribution < 1.29 is 27.2 Å². The molecule has 2 aromatic carbocycles. The summed E-state index contributed by atoms with van der Waals surface area (Å²) in [7, 11) is -3.69. The number of carbonyl (C=O) groups excluding carboxylic acids is 2. The fourth-order valence-electron chi connectivity index (χ4n) is 3.42. The van der Waals surface area contributed by atoms with Crippen molar-refractivity contribution in [2.75, 3.05) is 25.0 Å². The number of furan rings is 1. The lowest BCUT2D eigenvalue weighted by Crippen LogP contribution is -2.31. The zero-order valence-electron chi connectivity index (χ0n) is 18.5. The number of rotatable bonds is 8. The first kappa shape index (κ1) is 23.5. The number of anilines is 1. The van der Waals surface area contributed by atoms with Gasteiger partial charge in [0.2, 0.25) is 15.8 Å². The van der Waals surface area contributed by atoms with E-state index in [0.717, 1.165) is 5.39 Å². The Kier molecular flexibility index (Phi) is 7.00. The zero-order chi connectivity index (χ0) is 23.5. The predicted molar refractivity (Wildman–Crippen MR) is 121 cm³/mol. The monoisotopic (exact) mass is 458 g/mol. The molecule has 8 nitrogen and oxygen atoms in total. The van der Waals surface area contributed by atoms with Crippen molar-refractivity contribution in [2.24, 2.45) is 0 Å². The third kappa shape index (κ3) is 4.68. The summed E-state index contributed by atoms with van der Waals surface area (Å²) in [5.41, 5.74) is 2.06. The minimum Gasteiger partial charge on any atom is -0.450 e. The van der Waals surface area contributed by atoms with Gasteiger partial charge in [0.15, 0.2) is 6.61 Å². The Morgan fingerprint density at radius 3 is 2.41 bits per heavy atom. The first-order valence-corrected chi connectivity index (χ1v) is 11.7. The van der Waals surface area contributed by atoms with Crippen LogP contribution in [0.4, 0.5) is 5.69 Å². The number of ether oxygens (including phenoxy) is 1. The van der Waals surface area contributed by atoms with E-state index in [1.54, 1.807) is 52.0 Å². The average Bonchev–Trinajstić information content (AvgIpc) is 3.11. The lowest BCUT2D eigenvalue weighted by molar-refractivity contribution is -0.119. The number of hydrogen-bond acceptors (Lipinski definition) is 6. The summed E-state index contributed by atoms with van der Waals surface area (Å²) in [6, 6.07) is 11.8. The van der Waals surface area contributed by atoms with Gasteiger partial charge in [0.1, 0.15) is 5.58 Å². The van der Waals surface area contributed by atoms with Gasteiger partial charge in [0, 0.05) is 29.7 Å². The molecule has 0 saturated heterocycles. The predicted octanol–water partition coefficient (Wildman–Crippen LogP) is 3.88. The van der Waals surface area contributed by atoms with Crippen LogP contribution in [0.1, 0.15) is 35.5 Å². The first-order chi connectivity index (χ1) is 15.2. The molecule has 0 bridgehead atoms. The summed E-state index contributed by atoms with van der Waals surface area (Å²) in [5, 5.41) is 3.37. The Morgan fingerprint density at radius 2 is 1.75 bits per heavy atom. The molecule has 170 valence electrons. The SMILES string of the molecule is CCN(CC)S(=O)(=O)c1cc(NC(=O)COC(=O)c2oc3ccccc3c2C)ccc1C. The van der Waals surface area contributed by atoms with E-state index in [4.69, 9.17) is 9.15 Å². The van der Waals surface area contributed by atoms with E-state index in [1.165, 1.54) is 10.4 Å². The molecule has 0 saturated carbocycles. The molecule has 1 amide bonds. The first-order valence-electron chi connectivity index (χ1n) is 10.2. The molecule has 0 atom stereocenters. The number of amides is 1. The molecule has 1 heterocycles. The summed E-state index contributed by atoms with van der Waals surface area (Å²) in [4.78, 5) is 24.8. The highest BCUT2D eigenvalue weighted by molar-refractivity contribution is 7.89. The Labute approximate surface area is 187 Å². The number of benzene rings is 2. The van der Waals surface area contributed by atoms with E-state index in [-0.39, 0.29) is 10.7 Å². The van der Waals surface area contributed by atoms with Crippen molar-refractivity contribution in [3.05, 3.63) is 59.4 Å². The smallest absolute Gasteiger partial charge is 0.375 e. The molecular formula is C23H26N2O6S. The third-order valence-corrected chi connectivity index (χ3v) is 7.35. The highest BCUT2D eigenvalue weighted by Crippen LogP contribution is 2.26. The van der Waals surface area contributed by atoms with Crippen LogP contribution < -0.4 is 5.32 Å². The number of aryl methyl sites for hydroxylation is 2. The second-order valence-electron chi connectivity index (χ2n) is 7.25. The van der Waals surface area contributed by atoms with Crippen LogP contribution in [0, 0.1) is 13.8 Å². The van der Waals surface area contributed by atoms with Crippen LogP contribution in [0.3, 0.4) is 0 Å². The summed E-state index contributed by atoms with van der Waals surface area (Å²) >= 11 is 0. The average molecular weight is 459 g/mol. The molecule has 0 spiro atoms. The van der Waals surface area contributed by atoms with Crippen molar-refractivity contribution in [3.8, 4) is 0 Å². The fourth-order valence-corrected chi connectivity index (χ4v) is 5.13. The number of para-hydroxylation sites is 1. The number of carbonyl (C=O) groups is 2. The minimum absolute atomic E-state index is 0.0435. The Morgan fingerprint density at radius 1 is 1.06 bits per heavy atom. The summed E-state index contributed by atoms with van der Waals surface area (Å²) < 4.78 is 37.7. The lowest BCUT2D eigenvalue weighted by Gasteiger charge is -2.20. The van der Waals surface area contributed by atoms with Gasteiger partial charge in [-0.25, -0.2) is 13.2 Å². The van der Waals surface area contributed by atoms with Crippen molar-refractivity contribution in [3.63, 3.8) is 0 Å². The van der Waals surface area contributed by atoms with Gasteiger partial charge in [-0.15, -0.1) is 0 Å². The van der Waals surface area contributed by atoms with E-state index in [0.29, 0.717) is 35.5 Å². The molecular weight excluding hydrogens is 432 g/mol. The summed E-state index contributed by atoms with van der Waals surface area (Å²) in [6.45, 7) is 7.10. The molecule has 3 rings (SSSR count). The topological polar surface area (TPSA) is 106 Å². The van der Waals surface area contributed by atoms with Gasteiger partial charge in [-0.2, -0.15) is 4.31 Å². The Hall–Kier alpha value is -3.17. The number of sulfonamides is 1. The van der Waals surface area contributed by atoms with Gasteiger partial charge in [0.25, 0.3) is 5.91 Å². The van der Waals surface area contributed by atoms with E-state index >= 15 is 0 Å². The van der Waals surface area contributed by atoms with Gasteiger partial charge in [-0.1, -0.05) is 38.1 Å². The Balaban J connectivity index is 1.70. The second-order valence-corrected chi connectivity index (χ2v) is 9.15. The molecule has 0 fully saturated rings. The molecule has 32 heavy (non-hydrogen) atoms. The molecule has 0 aliphatic rings. The maximum absolute atomic E-state index is 12.9. The minimum atomic E-state index is -3.69. The van der Waals surface area contributed by atoms with Gasteiger partial charge in [0.05, 0.1) is 4.90 Å². The van der Waals surface area contributed by atoms with E-state index in [9.17, 15) is 18.0 Å².